The molecule has 2 fully saturated rings. The first-order chi connectivity index (χ1) is 13.0. The number of allylic oxidation sites excluding steroid dienone is 4. The molecular weight excluding hydrogens is 336 g/mol. The second-order valence-electron chi connectivity index (χ2n) is 8.99. The summed E-state index contributed by atoms with van der Waals surface area (Å²) < 4.78 is 11.4. The standard InChI is InChI=1S/C24H32O3/c1-5-23-13-11-20-19-10-8-18(26-4)15-17(19)7-9-21(20)22(23)12-14-24(23,6-2)27-16(3)25/h2,7,15,19-22H,5,8-14H2,1,3-4H3. The molecule has 0 aromatic rings. The van der Waals surface area contributed by atoms with Gasteiger partial charge in [-0.05, 0) is 80.3 Å². The predicted molar refractivity (Wildman–Crippen MR) is 106 cm³/mol. The molecule has 2 saturated carbocycles. The minimum absolute atomic E-state index is 0.0534. The van der Waals surface area contributed by atoms with Gasteiger partial charge in [-0.1, -0.05) is 18.9 Å². The van der Waals surface area contributed by atoms with Crippen LogP contribution in [0.2, 0.25) is 0 Å². The van der Waals surface area contributed by atoms with E-state index in [1.165, 1.54) is 25.3 Å². The van der Waals surface area contributed by atoms with E-state index in [1.54, 1.807) is 7.11 Å². The van der Waals surface area contributed by atoms with E-state index < -0.39 is 5.60 Å². The summed E-state index contributed by atoms with van der Waals surface area (Å²) in [7, 11) is 1.78. The molecule has 0 radical (unpaired) electrons. The molecule has 0 N–H and O–H groups in total. The molecule has 146 valence electrons. The zero-order valence-electron chi connectivity index (χ0n) is 16.9. The van der Waals surface area contributed by atoms with Crippen molar-refractivity contribution in [3.05, 3.63) is 23.5 Å². The Hall–Kier alpha value is -1.69. The van der Waals surface area contributed by atoms with Crippen molar-refractivity contribution >= 4 is 5.97 Å². The molecular formula is C24H32O3. The lowest BCUT2D eigenvalue weighted by Crippen LogP contribution is -2.54. The van der Waals surface area contributed by atoms with Gasteiger partial charge >= 0.3 is 5.97 Å². The van der Waals surface area contributed by atoms with Crippen molar-refractivity contribution < 1.29 is 14.3 Å². The first-order valence-corrected chi connectivity index (χ1v) is 10.6. The second kappa shape index (κ2) is 6.73. The molecule has 6 atom stereocenters. The van der Waals surface area contributed by atoms with Crippen molar-refractivity contribution in [2.75, 3.05) is 7.11 Å². The molecule has 4 aliphatic rings. The number of carbonyl (C=O) groups excluding carboxylic acids is 1. The molecule has 0 spiro atoms. The van der Waals surface area contributed by atoms with Crippen LogP contribution in [-0.4, -0.2) is 18.7 Å². The quantitative estimate of drug-likeness (QED) is 0.518. The van der Waals surface area contributed by atoms with Crippen molar-refractivity contribution in [3.63, 3.8) is 0 Å². The monoisotopic (exact) mass is 368 g/mol. The summed E-state index contributed by atoms with van der Waals surface area (Å²) in [5.41, 5.74) is 0.731. The van der Waals surface area contributed by atoms with Gasteiger partial charge in [-0.25, -0.2) is 0 Å². The molecule has 0 amide bonds. The fourth-order valence-electron chi connectivity index (χ4n) is 7.27. The lowest BCUT2D eigenvalue weighted by molar-refractivity contribution is -0.170. The van der Waals surface area contributed by atoms with Crippen LogP contribution in [-0.2, 0) is 14.3 Å². The zero-order chi connectivity index (χ0) is 19.2. The molecule has 0 aromatic carbocycles. The van der Waals surface area contributed by atoms with Crippen LogP contribution >= 0.6 is 0 Å². The van der Waals surface area contributed by atoms with Crippen LogP contribution in [0.1, 0.15) is 65.2 Å². The van der Waals surface area contributed by atoms with E-state index in [4.69, 9.17) is 15.9 Å². The highest BCUT2D eigenvalue weighted by Crippen LogP contribution is 2.66. The van der Waals surface area contributed by atoms with E-state index in [0.29, 0.717) is 17.8 Å². The highest BCUT2D eigenvalue weighted by Gasteiger charge is 2.65. The second-order valence-corrected chi connectivity index (χ2v) is 8.99. The number of ether oxygens (including phenoxy) is 2. The van der Waals surface area contributed by atoms with Crippen LogP contribution in [0.3, 0.4) is 0 Å². The minimum atomic E-state index is -0.705. The molecule has 0 bridgehead atoms. The summed E-state index contributed by atoms with van der Waals surface area (Å²) in [6.07, 6.45) is 19.3. The largest absolute Gasteiger partial charge is 0.501 e. The molecule has 0 aliphatic heterocycles. The van der Waals surface area contributed by atoms with Gasteiger partial charge in [-0.3, -0.25) is 4.79 Å². The van der Waals surface area contributed by atoms with E-state index in [1.807, 2.05) is 0 Å². The third-order valence-electron chi connectivity index (χ3n) is 8.36. The van der Waals surface area contributed by atoms with Gasteiger partial charge in [0.2, 0.25) is 0 Å². The minimum Gasteiger partial charge on any atom is -0.501 e. The average Bonchev–Trinajstić information content (AvgIpc) is 3.01. The summed E-state index contributed by atoms with van der Waals surface area (Å²) in [6.45, 7) is 3.74. The normalized spacial score (nSPS) is 42.6. The molecule has 6 unspecified atom stereocenters. The molecule has 3 nitrogen and oxygen atoms in total. The Morgan fingerprint density at radius 2 is 2.11 bits per heavy atom. The third kappa shape index (κ3) is 2.59. The first-order valence-electron chi connectivity index (χ1n) is 10.6. The van der Waals surface area contributed by atoms with Gasteiger partial charge in [-0.15, -0.1) is 6.42 Å². The van der Waals surface area contributed by atoms with Crippen LogP contribution in [0.5, 0.6) is 0 Å². The number of esters is 1. The van der Waals surface area contributed by atoms with E-state index in [2.05, 4.69) is 25.0 Å². The Morgan fingerprint density at radius 3 is 2.78 bits per heavy atom. The molecule has 4 rings (SSSR count). The lowest BCUT2D eigenvalue weighted by atomic mass is 9.50. The Bertz CT molecular complexity index is 726. The maximum absolute atomic E-state index is 11.9. The van der Waals surface area contributed by atoms with Crippen molar-refractivity contribution in [2.24, 2.45) is 29.1 Å². The van der Waals surface area contributed by atoms with Gasteiger partial charge in [-0.2, -0.15) is 0 Å². The number of methoxy groups -OCH3 is 1. The molecule has 0 heterocycles. The van der Waals surface area contributed by atoms with Crippen molar-refractivity contribution in [1.82, 2.24) is 0 Å². The molecule has 4 aliphatic carbocycles. The van der Waals surface area contributed by atoms with Gasteiger partial charge in [0.25, 0.3) is 0 Å². The number of fused-ring (bicyclic) bond motifs is 5. The number of terminal acetylenes is 1. The van der Waals surface area contributed by atoms with Crippen LogP contribution in [0.4, 0.5) is 0 Å². The van der Waals surface area contributed by atoms with Gasteiger partial charge in [0.1, 0.15) is 0 Å². The van der Waals surface area contributed by atoms with E-state index >= 15 is 0 Å². The number of rotatable bonds is 3. The lowest BCUT2D eigenvalue weighted by Gasteiger charge is -2.55. The summed E-state index contributed by atoms with van der Waals surface area (Å²) in [5, 5.41) is 0. The summed E-state index contributed by atoms with van der Waals surface area (Å²) in [5.74, 6) is 6.48. The Labute approximate surface area is 163 Å². The Balaban J connectivity index is 1.68. The fraction of sp³-hybridized carbons (Fsp3) is 0.708. The number of carbonyl (C=O) groups is 1. The van der Waals surface area contributed by atoms with Gasteiger partial charge in [0.05, 0.1) is 12.9 Å². The van der Waals surface area contributed by atoms with Gasteiger partial charge < -0.3 is 9.47 Å². The first kappa shape index (κ1) is 18.7. The van der Waals surface area contributed by atoms with Crippen molar-refractivity contribution in [3.8, 4) is 12.3 Å². The van der Waals surface area contributed by atoms with Crippen LogP contribution in [0.25, 0.3) is 0 Å². The summed E-state index contributed by atoms with van der Waals surface area (Å²) in [6, 6.07) is 0. The number of hydrogen-bond acceptors (Lipinski definition) is 3. The molecule has 0 saturated heterocycles. The van der Waals surface area contributed by atoms with E-state index in [-0.39, 0.29) is 11.4 Å². The topological polar surface area (TPSA) is 35.5 Å². The molecule has 0 aromatic heterocycles. The fourth-order valence-corrected chi connectivity index (χ4v) is 7.27. The zero-order valence-corrected chi connectivity index (χ0v) is 16.9. The maximum atomic E-state index is 11.9. The van der Waals surface area contributed by atoms with Crippen LogP contribution < -0.4 is 0 Å². The molecule has 27 heavy (non-hydrogen) atoms. The smallest absolute Gasteiger partial charge is 0.304 e. The summed E-state index contributed by atoms with van der Waals surface area (Å²) in [4.78, 5) is 11.9. The van der Waals surface area contributed by atoms with E-state index in [0.717, 1.165) is 50.2 Å². The highest BCUT2D eigenvalue weighted by molar-refractivity contribution is 5.67. The van der Waals surface area contributed by atoms with Gasteiger partial charge in [0.15, 0.2) is 5.60 Å². The highest BCUT2D eigenvalue weighted by atomic mass is 16.6. The van der Waals surface area contributed by atoms with Crippen molar-refractivity contribution in [2.45, 2.75) is 70.8 Å². The maximum Gasteiger partial charge on any atom is 0.304 e. The van der Waals surface area contributed by atoms with Crippen LogP contribution in [0.15, 0.2) is 23.5 Å². The average molecular weight is 369 g/mol. The molecule has 3 heteroatoms. The Morgan fingerprint density at radius 1 is 1.30 bits per heavy atom. The van der Waals surface area contributed by atoms with Crippen LogP contribution in [0, 0.1) is 41.4 Å². The SMILES string of the molecule is C#CC1(OC(C)=O)CCC2C3CC=C4C=C(OC)CCC4C3CCC21CC. The predicted octanol–water partition coefficient (Wildman–Crippen LogP) is 5.02. The summed E-state index contributed by atoms with van der Waals surface area (Å²) >= 11 is 0. The number of hydrogen-bond donors (Lipinski definition) is 0. The van der Waals surface area contributed by atoms with E-state index in [9.17, 15) is 4.79 Å². The third-order valence-corrected chi connectivity index (χ3v) is 8.36. The van der Waals surface area contributed by atoms with Crippen molar-refractivity contribution in [1.29, 1.82) is 0 Å². The van der Waals surface area contributed by atoms with Gasteiger partial charge in [0, 0.05) is 18.8 Å². The Kier molecular flexibility index (Phi) is 4.65.